The molecule has 0 radical (unpaired) electrons. The summed E-state index contributed by atoms with van der Waals surface area (Å²) in [5, 5.41) is 2.79. The normalized spacial score (nSPS) is 13.9. The Bertz CT molecular complexity index is 1140. The largest absolute Gasteiger partial charge is 0.454 e. The molecule has 0 fully saturated rings. The Morgan fingerprint density at radius 3 is 2.66 bits per heavy atom. The Kier molecular flexibility index (Phi) is 5.35. The van der Waals surface area contributed by atoms with Gasteiger partial charge in [-0.05, 0) is 71.5 Å². The van der Waals surface area contributed by atoms with E-state index in [1.54, 1.807) is 0 Å². The highest BCUT2D eigenvalue weighted by atomic mass is 16.7. The summed E-state index contributed by atoms with van der Waals surface area (Å²) in [5.74, 6) is 2.60. The fourth-order valence-corrected chi connectivity index (χ4v) is 4.14. The van der Waals surface area contributed by atoms with E-state index in [1.165, 1.54) is 22.4 Å². The number of rotatable bonds is 5. The van der Waals surface area contributed by atoms with Crippen LogP contribution in [0.15, 0.2) is 60.7 Å². The maximum atomic E-state index is 12.3. The number of hydrogen-bond donors (Lipinski definition) is 1. The second-order valence-electron chi connectivity index (χ2n) is 8.44. The zero-order valence-electron chi connectivity index (χ0n) is 18.3. The van der Waals surface area contributed by atoms with Crippen molar-refractivity contribution in [3.8, 4) is 17.2 Å². The Labute approximate surface area is 187 Å². The van der Waals surface area contributed by atoms with E-state index >= 15 is 0 Å². The lowest BCUT2D eigenvalue weighted by molar-refractivity contribution is 0.174. The number of nitrogens with one attached hydrogen (secondary N) is 1. The molecule has 0 saturated heterocycles. The van der Waals surface area contributed by atoms with Gasteiger partial charge in [-0.1, -0.05) is 32.0 Å². The van der Waals surface area contributed by atoms with Crippen LogP contribution in [0, 0.1) is 0 Å². The Hall–Kier alpha value is -3.67. The molecule has 3 aromatic rings. The summed E-state index contributed by atoms with van der Waals surface area (Å²) in [4.78, 5) is 14.7. The van der Waals surface area contributed by atoms with Crippen molar-refractivity contribution in [2.24, 2.45) is 0 Å². The molecule has 32 heavy (non-hydrogen) atoms. The van der Waals surface area contributed by atoms with Gasteiger partial charge in [-0.25, -0.2) is 4.79 Å². The van der Waals surface area contributed by atoms with Gasteiger partial charge in [0, 0.05) is 24.5 Å². The van der Waals surface area contributed by atoms with Crippen molar-refractivity contribution < 1.29 is 19.0 Å². The molecular weight excluding hydrogens is 404 g/mol. The first-order valence-electron chi connectivity index (χ1n) is 10.9. The van der Waals surface area contributed by atoms with Crippen LogP contribution in [-0.4, -0.2) is 19.4 Å². The van der Waals surface area contributed by atoms with E-state index < -0.39 is 6.09 Å². The third-order valence-corrected chi connectivity index (χ3v) is 5.89. The number of benzene rings is 3. The molecule has 2 heterocycles. The van der Waals surface area contributed by atoms with Crippen molar-refractivity contribution in [1.82, 2.24) is 0 Å². The number of hydrogen-bond acceptors (Lipinski definition) is 5. The van der Waals surface area contributed by atoms with Gasteiger partial charge < -0.3 is 19.1 Å². The molecule has 2 aliphatic rings. The predicted octanol–water partition coefficient (Wildman–Crippen LogP) is 5.71. The van der Waals surface area contributed by atoms with Crippen LogP contribution >= 0.6 is 0 Å². The van der Waals surface area contributed by atoms with Crippen molar-refractivity contribution in [3.05, 3.63) is 77.4 Å². The molecular formula is C26H26N2O4. The molecule has 3 aromatic carbocycles. The number of carbonyl (C=O) groups is 1. The van der Waals surface area contributed by atoms with Crippen LogP contribution in [0.25, 0.3) is 0 Å². The van der Waals surface area contributed by atoms with Crippen LogP contribution in [0.1, 0.15) is 36.5 Å². The van der Waals surface area contributed by atoms with E-state index in [9.17, 15) is 4.79 Å². The van der Waals surface area contributed by atoms with Gasteiger partial charge in [0.1, 0.15) is 5.75 Å². The first-order valence-corrected chi connectivity index (χ1v) is 10.9. The van der Waals surface area contributed by atoms with Gasteiger partial charge in [-0.2, -0.15) is 0 Å². The smallest absolute Gasteiger partial charge is 0.417 e. The van der Waals surface area contributed by atoms with E-state index in [1.807, 2.05) is 54.6 Å². The molecule has 0 aromatic heterocycles. The number of fused-ring (bicyclic) bond motifs is 2. The van der Waals surface area contributed by atoms with E-state index in [0.717, 1.165) is 36.7 Å². The molecule has 6 heteroatoms. The van der Waals surface area contributed by atoms with Crippen LogP contribution in [0.4, 0.5) is 16.2 Å². The summed E-state index contributed by atoms with van der Waals surface area (Å²) in [7, 11) is 0. The van der Waals surface area contributed by atoms with Gasteiger partial charge in [0.05, 0.1) is 0 Å². The molecule has 0 atom stereocenters. The summed E-state index contributed by atoms with van der Waals surface area (Å²) in [6.07, 6.45) is 0.424. The highest BCUT2D eigenvalue weighted by Gasteiger charge is 2.21. The Balaban J connectivity index is 1.22. The highest BCUT2D eigenvalue weighted by molar-refractivity contribution is 5.86. The minimum Gasteiger partial charge on any atom is -0.454 e. The summed E-state index contributed by atoms with van der Waals surface area (Å²) in [6, 6.07) is 19.7. The van der Waals surface area contributed by atoms with Gasteiger partial charge >= 0.3 is 6.09 Å². The quantitative estimate of drug-likeness (QED) is 0.562. The number of anilines is 2. The summed E-state index contributed by atoms with van der Waals surface area (Å²) in [6.45, 7) is 6.27. The van der Waals surface area contributed by atoms with Gasteiger partial charge in [0.15, 0.2) is 11.5 Å². The lowest BCUT2D eigenvalue weighted by Gasteiger charge is -2.20. The molecule has 0 aliphatic carbocycles. The lowest BCUT2D eigenvalue weighted by atomic mass is 10.0. The van der Waals surface area contributed by atoms with Gasteiger partial charge in [-0.3, -0.25) is 5.32 Å². The van der Waals surface area contributed by atoms with Crippen LogP contribution < -0.4 is 24.4 Å². The maximum Gasteiger partial charge on any atom is 0.417 e. The minimum atomic E-state index is -0.488. The van der Waals surface area contributed by atoms with E-state index in [4.69, 9.17) is 14.2 Å². The maximum absolute atomic E-state index is 12.3. The predicted molar refractivity (Wildman–Crippen MR) is 124 cm³/mol. The van der Waals surface area contributed by atoms with Gasteiger partial charge in [-0.15, -0.1) is 0 Å². The van der Waals surface area contributed by atoms with E-state index in [-0.39, 0.29) is 6.79 Å². The zero-order chi connectivity index (χ0) is 22.1. The third-order valence-electron chi connectivity index (χ3n) is 5.89. The molecule has 0 unspecified atom stereocenters. The minimum absolute atomic E-state index is 0.283. The molecule has 0 spiro atoms. The molecule has 5 rings (SSSR count). The third kappa shape index (κ3) is 4.21. The molecule has 0 bridgehead atoms. The first kappa shape index (κ1) is 20.2. The van der Waals surface area contributed by atoms with Crippen LogP contribution in [0.3, 0.4) is 0 Å². The van der Waals surface area contributed by atoms with Crippen LogP contribution in [0.2, 0.25) is 0 Å². The SMILES string of the molecule is CC(C)c1ccc(NC(=O)Oc2ccc3c(c2)CCN3Cc2ccc3c(c2)OCO3)cc1. The molecule has 1 N–H and O–H groups in total. The van der Waals surface area contributed by atoms with Gasteiger partial charge in [0.25, 0.3) is 0 Å². The number of nitrogens with zero attached hydrogens (tertiary/aromatic N) is 1. The van der Waals surface area contributed by atoms with Crippen molar-refractivity contribution in [2.75, 3.05) is 23.6 Å². The average molecular weight is 431 g/mol. The van der Waals surface area contributed by atoms with Gasteiger partial charge in [0.2, 0.25) is 6.79 Å². The topological polar surface area (TPSA) is 60.0 Å². The summed E-state index contributed by atoms with van der Waals surface area (Å²) in [5.41, 5.74) is 5.46. The number of ether oxygens (including phenoxy) is 3. The Morgan fingerprint density at radius 1 is 1.03 bits per heavy atom. The summed E-state index contributed by atoms with van der Waals surface area (Å²) < 4.78 is 16.4. The van der Waals surface area contributed by atoms with E-state index in [2.05, 4.69) is 30.1 Å². The lowest BCUT2D eigenvalue weighted by Crippen LogP contribution is -2.19. The zero-order valence-corrected chi connectivity index (χ0v) is 18.3. The standard InChI is InChI=1S/C26H26N2O4/c1-17(2)19-4-6-21(7-5-19)27-26(29)32-22-8-9-23-20(14-22)11-12-28(23)15-18-3-10-24-25(13-18)31-16-30-24/h3-10,13-14,17H,11-12,15-16H2,1-2H3,(H,27,29). The van der Waals surface area contributed by atoms with Crippen LogP contribution in [0.5, 0.6) is 17.2 Å². The van der Waals surface area contributed by atoms with Crippen molar-refractivity contribution in [3.63, 3.8) is 0 Å². The fourth-order valence-electron chi connectivity index (χ4n) is 4.14. The monoisotopic (exact) mass is 430 g/mol. The molecule has 164 valence electrons. The molecule has 2 aliphatic heterocycles. The molecule has 1 amide bonds. The number of carbonyl (C=O) groups excluding carboxylic acids is 1. The second kappa shape index (κ2) is 8.46. The second-order valence-corrected chi connectivity index (χ2v) is 8.44. The van der Waals surface area contributed by atoms with Crippen molar-refractivity contribution in [2.45, 2.75) is 32.7 Å². The Morgan fingerprint density at radius 2 is 1.84 bits per heavy atom. The van der Waals surface area contributed by atoms with Crippen molar-refractivity contribution in [1.29, 1.82) is 0 Å². The highest BCUT2D eigenvalue weighted by Crippen LogP contribution is 2.36. The van der Waals surface area contributed by atoms with Crippen LogP contribution in [-0.2, 0) is 13.0 Å². The molecule has 6 nitrogen and oxygen atoms in total. The fraction of sp³-hybridized carbons (Fsp3) is 0.269. The first-order chi connectivity index (χ1) is 15.5. The summed E-state index contributed by atoms with van der Waals surface area (Å²) >= 11 is 0. The molecule has 0 saturated carbocycles. The number of amides is 1. The van der Waals surface area contributed by atoms with E-state index in [0.29, 0.717) is 11.7 Å². The van der Waals surface area contributed by atoms with Crippen molar-refractivity contribution >= 4 is 17.5 Å². The average Bonchev–Trinajstić information content (AvgIpc) is 3.40.